The Morgan fingerprint density at radius 2 is 1.77 bits per heavy atom. The van der Waals surface area contributed by atoms with Crippen LogP contribution in [0.1, 0.15) is 29.9 Å². The number of nitrogens with one attached hydrogen (secondary N) is 1. The van der Waals surface area contributed by atoms with Gasteiger partial charge in [-0.1, -0.05) is 35.9 Å². The van der Waals surface area contributed by atoms with E-state index in [1.54, 1.807) is 30.5 Å². The quantitative estimate of drug-likeness (QED) is 0.334. The number of phenols is 1. The van der Waals surface area contributed by atoms with Crippen LogP contribution < -0.4 is 16.8 Å². The molecule has 0 aliphatic carbocycles. The fourth-order valence-corrected chi connectivity index (χ4v) is 5.09. The smallest absolute Gasteiger partial charge is 0.231 e. The van der Waals surface area contributed by atoms with Crippen molar-refractivity contribution in [2.45, 2.75) is 18.8 Å². The van der Waals surface area contributed by atoms with Gasteiger partial charge in [0.1, 0.15) is 11.6 Å². The summed E-state index contributed by atoms with van der Waals surface area (Å²) in [5, 5.41) is 29.0. The number of anilines is 2. The van der Waals surface area contributed by atoms with Crippen molar-refractivity contribution in [3.05, 3.63) is 71.0 Å². The Morgan fingerprint density at radius 3 is 2.40 bits per heavy atom. The van der Waals surface area contributed by atoms with Gasteiger partial charge in [0.25, 0.3) is 0 Å². The van der Waals surface area contributed by atoms with E-state index >= 15 is 0 Å². The van der Waals surface area contributed by atoms with Gasteiger partial charge in [0.2, 0.25) is 10.0 Å². The SMILES string of the molecule is CS(=O)(=O)N1C=CC(c2cc(Cl)nnc2N)CC1.Cl.Cl.Nc1nnc(-c2ccccc2O)cc1C1=CCNCC1. The van der Waals surface area contributed by atoms with Crippen LogP contribution in [0.15, 0.2) is 54.8 Å². The van der Waals surface area contributed by atoms with Gasteiger partial charge in [-0.25, -0.2) is 8.42 Å². The first-order valence-corrected chi connectivity index (χ1v) is 14.1. The molecule has 216 valence electrons. The predicted octanol–water partition coefficient (Wildman–Crippen LogP) is 3.63. The molecule has 0 spiro atoms. The second-order valence-electron chi connectivity index (χ2n) is 8.85. The van der Waals surface area contributed by atoms with E-state index in [0.29, 0.717) is 35.9 Å². The minimum Gasteiger partial charge on any atom is -0.507 e. The Balaban J connectivity index is 0.000000268. The molecule has 6 N–H and O–H groups in total. The van der Waals surface area contributed by atoms with Crippen LogP contribution in [0.2, 0.25) is 5.15 Å². The molecule has 0 saturated heterocycles. The predicted molar refractivity (Wildman–Crippen MR) is 163 cm³/mol. The maximum absolute atomic E-state index is 11.4. The molecule has 1 atom stereocenters. The van der Waals surface area contributed by atoms with E-state index < -0.39 is 10.0 Å². The lowest BCUT2D eigenvalue weighted by molar-refractivity contribution is 0.466. The molecule has 0 bridgehead atoms. The number of halogens is 3. The molecular formula is C25H31Cl3N8O3S. The summed E-state index contributed by atoms with van der Waals surface area (Å²) >= 11 is 5.78. The van der Waals surface area contributed by atoms with E-state index in [2.05, 4.69) is 31.8 Å². The number of sulfonamides is 1. The van der Waals surface area contributed by atoms with E-state index in [-0.39, 0.29) is 41.6 Å². The standard InChI is InChI=1S/C15H16N4O.C10H13ClN4O2S.2ClH/c16-15-12(10-5-7-17-8-6-10)9-13(18-19-15)11-3-1-2-4-14(11)20;1-18(16,17)15-4-2-7(3-5-15)8-6-9(11)13-14-10(8)12;;/h1-5,9,17,20H,6-8H2,(H2,16,19);2,4,6-7H,3,5H2,1H3,(H2,12,14);2*1H. The number of nitrogens with two attached hydrogens (primary N) is 2. The monoisotopic (exact) mass is 628 g/mol. The zero-order chi connectivity index (χ0) is 27.3. The van der Waals surface area contributed by atoms with Crippen molar-refractivity contribution in [2.24, 2.45) is 0 Å². The Labute approximate surface area is 250 Å². The minimum absolute atomic E-state index is 0. The van der Waals surface area contributed by atoms with Gasteiger partial charge in [0, 0.05) is 41.9 Å². The average molecular weight is 630 g/mol. The van der Waals surface area contributed by atoms with Gasteiger partial charge < -0.3 is 21.9 Å². The average Bonchev–Trinajstić information content (AvgIpc) is 2.91. The first-order chi connectivity index (χ1) is 18.1. The van der Waals surface area contributed by atoms with E-state index in [1.807, 2.05) is 18.2 Å². The van der Waals surface area contributed by atoms with Gasteiger partial charge in [0.05, 0.1) is 11.9 Å². The van der Waals surface area contributed by atoms with Gasteiger partial charge in [-0.15, -0.1) is 45.2 Å². The third-order valence-electron chi connectivity index (χ3n) is 6.21. The Bertz CT molecular complexity index is 1490. The number of para-hydroxylation sites is 1. The lowest BCUT2D eigenvalue weighted by Crippen LogP contribution is -2.29. The fraction of sp³-hybridized carbons (Fsp3) is 0.280. The molecule has 11 nitrogen and oxygen atoms in total. The summed E-state index contributed by atoms with van der Waals surface area (Å²) in [7, 11) is -3.19. The number of aromatic hydroxyl groups is 1. The molecule has 1 aromatic carbocycles. The number of nitrogens with zero attached hydrogens (tertiary/aromatic N) is 5. The number of hydrogen-bond acceptors (Lipinski definition) is 10. The van der Waals surface area contributed by atoms with Gasteiger partial charge in [0.15, 0.2) is 11.0 Å². The topological polar surface area (TPSA) is 173 Å². The highest BCUT2D eigenvalue weighted by molar-refractivity contribution is 7.88. The van der Waals surface area contributed by atoms with E-state index in [0.717, 1.165) is 30.6 Å². The number of allylic oxidation sites excluding steroid dienone is 1. The van der Waals surface area contributed by atoms with Crippen molar-refractivity contribution < 1.29 is 13.5 Å². The molecule has 0 fully saturated rings. The molecule has 0 saturated carbocycles. The third-order valence-corrected chi connectivity index (χ3v) is 7.55. The van der Waals surface area contributed by atoms with E-state index in [4.69, 9.17) is 23.1 Å². The first kappa shape index (κ1) is 33.0. The fourth-order valence-electron chi connectivity index (χ4n) is 4.21. The van der Waals surface area contributed by atoms with Gasteiger partial charge in [-0.05, 0) is 49.2 Å². The van der Waals surface area contributed by atoms with Crippen molar-refractivity contribution in [2.75, 3.05) is 37.4 Å². The molecule has 15 heteroatoms. The molecule has 2 aromatic heterocycles. The van der Waals surface area contributed by atoms with Crippen LogP contribution in [0.25, 0.3) is 16.8 Å². The molecule has 40 heavy (non-hydrogen) atoms. The number of rotatable bonds is 4. The van der Waals surface area contributed by atoms with Crippen LogP contribution >= 0.6 is 36.4 Å². The zero-order valence-corrected chi connectivity index (χ0v) is 24.8. The number of benzene rings is 1. The van der Waals surface area contributed by atoms with Crippen LogP contribution in [0, 0.1) is 0 Å². The summed E-state index contributed by atoms with van der Waals surface area (Å²) in [5.74, 6) is 0.951. The summed E-state index contributed by atoms with van der Waals surface area (Å²) < 4.78 is 24.0. The summed E-state index contributed by atoms with van der Waals surface area (Å²) in [4.78, 5) is 0. The molecule has 3 aromatic rings. The summed E-state index contributed by atoms with van der Waals surface area (Å²) in [6.07, 6.45) is 8.18. The highest BCUT2D eigenvalue weighted by Gasteiger charge is 2.22. The summed E-state index contributed by atoms with van der Waals surface area (Å²) in [6.45, 7) is 2.18. The largest absolute Gasteiger partial charge is 0.507 e. The molecule has 2 aliphatic heterocycles. The minimum atomic E-state index is -3.19. The highest BCUT2D eigenvalue weighted by atomic mass is 35.5. The third kappa shape index (κ3) is 8.18. The second-order valence-corrected chi connectivity index (χ2v) is 11.2. The van der Waals surface area contributed by atoms with Crippen LogP contribution in [-0.4, -0.2) is 64.1 Å². The first-order valence-electron chi connectivity index (χ1n) is 11.9. The van der Waals surface area contributed by atoms with Crippen molar-refractivity contribution in [1.29, 1.82) is 0 Å². The maximum atomic E-state index is 11.4. The van der Waals surface area contributed by atoms with Gasteiger partial charge >= 0.3 is 0 Å². The Kier molecular flexibility index (Phi) is 12.0. The number of nitrogen functional groups attached to an aromatic ring is 2. The van der Waals surface area contributed by atoms with Gasteiger partial charge in [-0.3, -0.25) is 4.31 Å². The van der Waals surface area contributed by atoms with E-state index in [9.17, 15) is 13.5 Å². The lowest BCUT2D eigenvalue weighted by atomic mass is 9.95. The summed E-state index contributed by atoms with van der Waals surface area (Å²) in [6, 6.07) is 10.6. The van der Waals surface area contributed by atoms with Crippen LogP contribution in [-0.2, 0) is 10.0 Å². The van der Waals surface area contributed by atoms with Crippen molar-refractivity contribution >= 4 is 63.6 Å². The summed E-state index contributed by atoms with van der Waals surface area (Å²) in [5.41, 5.74) is 15.8. The van der Waals surface area contributed by atoms with Crippen molar-refractivity contribution in [1.82, 2.24) is 30.0 Å². The highest BCUT2D eigenvalue weighted by Crippen LogP contribution is 2.32. The van der Waals surface area contributed by atoms with Crippen LogP contribution in [0.3, 0.4) is 0 Å². The van der Waals surface area contributed by atoms with Crippen molar-refractivity contribution in [3.8, 4) is 17.0 Å². The number of aromatic nitrogens is 4. The molecule has 0 radical (unpaired) electrons. The van der Waals surface area contributed by atoms with Crippen molar-refractivity contribution in [3.63, 3.8) is 0 Å². The normalized spacial score (nSPS) is 16.5. The number of phenolic OH excluding ortho intramolecular Hbond substituents is 1. The molecule has 5 rings (SSSR count). The zero-order valence-electron chi connectivity index (χ0n) is 21.6. The molecule has 2 aliphatic rings. The Morgan fingerprint density at radius 1 is 1.05 bits per heavy atom. The second kappa shape index (κ2) is 14.5. The molecule has 0 amide bonds. The molecular weight excluding hydrogens is 599 g/mol. The van der Waals surface area contributed by atoms with E-state index in [1.165, 1.54) is 16.1 Å². The van der Waals surface area contributed by atoms with Crippen LogP contribution in [0.5, 0.6) is 5.75 Å². The number of hydrogen-bond donors (Lipinski definition) is 4. The molecule has 4 heterocycles. The van der Waals surface area contributed by atoms with Gasteiger partial charge in [-0.2, -0.15) is 0 Å². The maximum Gasteiger partial charge on any atom is 0.231 e. The lowest BCUT2D eigenvalue weighted by Gasteiger charge is -2.26. The van der Waals surface area contributed by atoms with Crippen LogP contribution in [0.4, 0.5) is 11.6 Å². The molecule has 1 unspecified atom stereocenters. The Hall–Kier alpha value is -3.16.